The van der Waals surface area contributed by atoms with Crippen molar-refractivity contribution in [3.05, 3.63) is 53.2 Å². The summed E-state index contributed by atoms with van der Waals surface area (Å²) in [5, 5.41) is 13.5. The molecule has 1 aliphatic carbocycles. The van der Waals surface area contributed by atoms with Gasteiger partial charge in [-0.1, -0.05) is 0 Å². The molecule has 1 aliphatic rings. The first-order chi connectivity index (χ1) is 12.5. The number of hydrogen-bond donors (Lipinski definition) is 0. The van der Waals surface area contributed by atoms with Crippen molar-refractivity contribution in [2.24, 2.45) is 14.1 Å². The van der Waals surface area contributed by atoms with Crippen LogP contribution in [-0.4, -0.2) is 34.2 Å². The van der Waals surface area contributed by atoms with E-state index in [4.69, 9.17) is 10.1 Å². The van der Waals surface area contributed by atoms with Crippen LogP contribution >= 0.6 is 0 Å². The largest absolute Gasteiger partial charge is 0.276 e. The summed E-state index contributed by atoms with van der Waals surface area (Å²) in [5.74, 6) is 1.00. The molecule has 4 aromatic heterocycles. The Balaban J connectivity index is 1.51. The molecule has 7 heteroatoms. The van der Waals surface area contributed by atoms with Gasteiger partial charge in [0, 0.05) is 37.5 Å². The van der Waals surface area contributed by atoms with Crippen molar-refractivity contribution in [3.63, 3.8) is 0 Å². The van der Waals surface area contributed by atoms with E-state index in [0.717, 1.165) is 40.4 Å². The summed E-state index contributed by atoms with van der Waals surface area (Å²) in [4.78, 5) is 4.83. The molecular formula is C19H21N7. The van der Waals surface area contributed by atoms with E-state index < -0.39 is 0 Å². The lowest BCUT2D eigenvalue weighted by atomic mass is 10.1. The summed E-state index contributed by atoms with van der Waals surface area (Å²) in [7, 11) is 3.95. The molecule has 0 aromatic carbocycles. The maximum Gasteiger partial charge on any atom is 0.158 e. The average molecular weight is 347 g/mol. The number of hydrogen-bond acceptors (Lipinski definition) is 4. The first-order valence-electron chi connectivity index (χ1n) is 8.86. The van der Waals surface area contributed by atoms with E-state index >= 15 is 0 Å². The zero-order valence-corrected chi connectivity index (χ0v) is 15.4. The van der Waals surface area contributed by atoms with Gasteiger partial charge in [0.1, 0.15) is 0 Å². The van der Waals surface area contributed by atoms with Crippen LogP contribution in [-0.2, 0) is 14.1 Å². The molecule has 1 fully saturated rings. The number of rotatable bonds is 3. The Kier molecular flexibility index (Phi) is 3.10. The van der Waals surface area contributed by atoms with Gasteiger partial charge in [-0.3, -0.25) is 9.36 Å². The Morgan fingerprint density at radius 3 is 2.65 bits per heavy atom. The fourth-order valence-electron chi connectivity index (χ4n) is 3.79. The standard InChI is InChI=1S/C19H21N7/c1-11-8-21-26-12(2)5-17(22-19(11)26)18-7-16(23-25(18)4)15-6-14(15)13-9-20-24(3)10-13/h5,7-10,14-15H,6H2,1-4H3. The highest BCUT2D eigenvalue weighted by Crippen LogP contribution is 2.54. The average Bonchev–Trinajstić information content (AvgIpc) is 2.91. The van der Waals surface area contributed by atoms with E-state index in [-0.39, 0.29) is 0 Å². The normalized spacial score (nSPS) is 19.4. The third kappa shape index (κ3) is 2.27. The zero-order valence-electron chi connectivity index (χ0n) is 15.4. The smallest absolute Gasteiger partial charge is 0.158 e. The van der Waals surface area contributed by atoms with Gasteiger partial charge < -0.3 is 0 Å². The maximum atomic E-state index is 4.83. The van der Waals surface area contributed by atoms with E-state index in [1.807, 2.05) is 47.3 Å². The molecule has 0 aliphatic heterocycles. The number of fused-ring (bicyclic) bond motifs is 1. The third-order valence-electron chi connectivity index (χ3n) is 5.31. The summed E-state index contributed by atoms with van der Waals surface area (Å²) >= 11 is 0. The van der Waals surface area contributed by atoms with Gasteiger partial charge in [-0.15, -0.1) is 0 Å². The minimum Gasteiger partial charge on any atom is -0.276 e. The molecule has 0 saturated heterocycles. The van der Waals surface area contributed by atoms with E-state index in [1.54, 1.807) is 0 Å². The Hall–Kier alpha value is -2.96. The Bertz CT molecular complexity index is 1130. The Labute approximate surface area is 151 Å². The van der Waals surface area contributed by atoms with Crippen molar-refractivity contribution >= 4 is 5.65 Å². The highest BCUT2D eigenvalue weighted by Gasteiger charge is 2.42. The second-order valence-corrected chi connectivity index (χ2v) is 7.32. The molecule has 2 unspecified atom stereocenters. The predicted molar refractivity (Wildman–Crippen MR) is 98.0 cm³/mol. The van der Waals surface area contributed by atoms with Crippen LogP contribution in [0.15, 0.2) is 30.7 Å². The van der Waals surface area contributed by atoms with Crippen molar-refractivity contribution in [1.29, 1.82) is 0 Å². The monoisotopic (exact) mass is 347 g/mol. The fraction of sp³-hybridized carbons (Fsp3) is 0.368. The molecule has 5 rings (SSSR count). The lowest BCUT2D eigenvalue weighted by Gasteiger charge is -2.05. The molecule has 7 nitrogen and oxygen atoms in total. The number of aromatic nitrogens is 7. The van der Waals surface area contributed by atoms with Gasteiger partial charge in [0.2, 0.25) is 0 Å². The maximum absolute atomic E-state index is 4.83. The van der Waals surface area contributed by atoms with Crippen molar-refractivity contribution in [3.8, 4) is 11.4 Å². The minimum atomic E-state index is 0.473. The summed E-state index contributed by atoms with van der Waals surface area (Å²) < 4.78 is 5.69. The molecule has 26 heavy (non-hydrogen) atoms. The van der Waals surface area contributed by atoms with Gasteiger partial charge >= 0.3 is 0 Å². The summed E-state index contributed by atoms with van der Waals surface area (Å²) in [6.45, 7) is 4.09. The van der Waals surface area contributed by atoms with Crippen molar-refractivity contribution in [1.82, 2.24) is 34.2 Å². The van der Waals surface area contributed by atoms with Gasteiger partial charge in [-0.05, 0) is 43.9 Å². The minimum absolute atomic E-state index is 0.473. The highest BCUT2D eigenvalue weighted by molar-refractivity contribution is 5.61. The lowest BCUT2D eigenvalue weighted by Crippen LogP contribution is -2.01. The van der Waals surface area contributed by atoms with Crippen LogP contribution < -0.4 is 0 Å². The zero-order chi connectivity index (χ0) is 18.0. The van der Waals surface area contributed by atoms with Crippen molar-refractivity contribution in [2.75, 3.05) is 0 Å². The molecule has 0 spiro atoms. The summed E-state index contributed by atoms with van der Waals surface area (Å²) in [6, 6.07) is 4.26. The fourth-order valence-corrected chi connectivity index (χ4v) is 3.79. The molecule has 0 bridgehead atoms. The molecule has 4 aromatic rings. The molecular weight excluding hydrogens is 326 g/mol. The first-order valence-corrected chi connectivity index (χ1v) is 8.86. The van der Waals surface area contributed by atoms with E-state index in [2.05, 4.69) is 35.5 Å². The quantitative estimate of drug-likeness (QED) is 0.571. The van der Waals surface area contributed by atoms with Crippen LogP contribution in [0.2, 0.25) is 0 Å². The molecule has 0 N–H and O–H groups in total. The molecule has 2 atom stereocenters. The van der Waals surface area contributed by atoms with Crippen LogP contribution in [0, 0.1) is 13.8 Å². The van der Waals surface area contributed by atoms with Gasteiger partial charge in [-0.2, -0.15) is 15.3 Å². The second kappa shape index (κ2) is 5.27. The first kappa shape index (κ1) is 15.3. The number of aryl methyl sites for hydroxylation is 4. The second-order valence-electron chi connectivity index (χ2n) is 7.32. The molecule has 0 radical (unpaired) electrons. The predicted octanol–water partition coefficient (Wildman–Crippen LogP) is 2.75. The molecule has 4 heterocycles. The van der Waals surface area contributed by atoms with Crippen LogP contribution in [0.5, 0.6) is 0 Å². The molecule has 132 valence electrons. The van der Waals surface area contributed by atoms with E-state index in [9.17, 15) is 0 Å². The third-order valence-corrected chi connectivity index (χ3v) is 5.31. The summed E-state index contributed by atoms with van der Waals surface area (Å²) in [5.41, 5.74) is 7.48. The van der Waals surface area contributed by atoms with E-state index in [0.29, 0.717) is 11.8 Å². The van der Waals surface area contributed by atoms with Crippen LogP contribution in [0.25, 0.3) is 17.0 Å². The van der Waals surface area contributed by atoms with Crippen LogP contribution in [0.3, 0.4) is 0 Å². The Morgan fingerprint density at radius 1 is 1.04 bits per heavy atom. The lowest BCUT2D eigenvalue weighted by molar-refractivity contribution is 0.744. The molecule has 0 amide bonds. The van der Waals surface area contributed by atoms with Gasteiger partial charge in [0.05, 0.1) is 29.5 Å². The Morgan fingerprint density at radius 2 is 1.88 bits per heavy atom. The molecule has 1 saturated carbocycles. The summed E-state index contributed by atoms with van der Waals surface area (Å²) in [6.07, 6.45) is 7.07. The SMILES string of the molecule is Cc1cnn2c(C)cc(-c3cc(C4CC4c4cnn(C)c4)nn3C)nc12. The topological polar surface area (TPSA) is 65.8 Å². The van der Waals surface area contributed by atoms with Crippen molar-refractivity contribution in [2.45, 2.75) is 32.1 Å². The van der Waals surface area contributed by atoms with Gasteiger partial charge in [0.25, 0.3) is 0 Å². The van der Waals surface area contributed by atoms with Crippen molar-refractivity contribution < 1.29 is 0 Å². The highest BCUT2D eigenvalue weighted by atomic mass is 15.3. The van der Waals surface area contributed by atoms with Crippen LogP contribution in [0.1, 0.15) is 40.8 Å². The van der Waals surface area contributed by atoms with Gasteiger partial charge in [0.15, 0.2) is 5.65 Å². The van der Waals surface area contributed by atoms with Gasteiger partial charge in [-0.25, -0.2) is 9.50 Å². The van der Waals surface area contributed by atoms with Crippen LogP contribution in [0.4, 0.5) is 0 Å². The number of nitrogens with zero attached hydrogens (tertiary/aromatic N) is 7. The van der Waals surface area contributed by atoms with E-state index in [1.165, 1.54) is 5.56 Å².